The summed E-state index contributed by atoms with van der Waals surface area (Å²) < 4.78 is 23.1. The average molecular weight is 1800 g/mol. The summed E-state index contributed by atoms with van der Waals surface area (Å²) in [4.78, 5) is 0. The Bertz CT molecular complexity index is 10100. The summed E-state index contributed by atoms with van der Waals surface area (Å²) in [5.41, 5.74) is 38.3. The minimum Gasteiger partial charge on any atom is -0.344 e. The molecule has 10 heteroatoms. The summed E-state index contributed by atoms with van der Waals surface area (Å²) in [6, 6.07) is 154. The zero-order chi connectivity index (χ0) is 94.1. The quantitative estimate of drug-likeness (QED) is 0.165. The minimum atomic E-state index is 1.26. The Balaban J connectivity index is 0.0000000900. The predicted molar refractivity (Wildman–Crippen MR) is 599 cm³/mol. The van der Waals surface area contributed by atoms with Crippen molar-refractivity contribution in [2.45, 2.75) is 0 Å². The highest BCUT2D eigenvalue weighted by Crippen LogP contribution is 2.47. The average Bonchev–Trinajstić information content (AvgIpc) is 1.58. The highest BCUT2D eigenvalue weighted by atomic mass is 15.0. The van der Waals surface area contributed by atoms with Gasteiger partial charge in [0.2, 0.25) is 0 Å². The van der Waals surface area contributed by atoms with Crippen LogP contribution in [0.3, 0.4) is 0 Å². The molecule has 0 aliphatic heterocycles. The van der Waals surface area contributed by atoms with Gasteiger partial charge in [0.25, 0.3) is 0 Å². The maximum atomic E-state index is 2.35. The Labute approximate surface area is 808 Å². The van der Waals surface area contributed by atoms with Gasteiger partial charge in [-0.2, -0.15) is 0 Å². The SMILES string of the molecule is Cn1c2ccccc2c2c(-c3cccc4c5ccccc5n(C)c34)cccc21.Cn1c2ccccc2c2cc(-c3cccc4c5ccccc5n(C)c34)ccc21.Cn1c2ccccc2c2ccc(-c3ccc4c5ccccc5n(C)c4c3)cc21.Cn1c2ccccc2c2ccc(-c3cccc4c5ccccc5n(C)c34)cc21.Cn1c2ccccc2c2cccc(-c3cccc4c5ccccc5n(C)c34)c21. The van der Waals surface area contributed by atoms with Crippen molar-refractivity contribution in [1.29, 1.82) is 0 Å². The van der Waals surface area contributed by atoms with Crippen LogP contribution in [-0.2, 0) is 70.5 Å². The molecule has 0 N–H and O–H groups in total. The fourth-order valence-electron chi connectivity index (χ4n) is 24.1. The Morgan fingerprint density at radius 2 is 0.293 bits per heavy atom. The third-order valence-electron chi connectivity index (χ3n) is 30.8. The Morgan fingerprint density at radius 1 is 0.107 bits per heavy atom. The molecular weight excluding hydrogens is 1700 g/mol. The molecule has 0 aliphatic carbocycles. The maximum absolute atomic E-state index is 2.35. The molecule has 30 rings (SSSR count). The molecule has 0 aliphatic rings. The second-order valence-electron chi connectivity index (χ2n) is 37.9. The van der Waals surface area contributed by atoms with Crippen LogP contribution in [0.1, 0.15) is 0 Å². The zero-order valence-electron chi connectivity index (χ0n) is 79.9. The van der Waals surface area contributed by atoms with Crippen LogP contribution < -0.4 is 0 Å². The van der Waals surface area contributed by atoms with Crippen LogP contribution in [0.2, 0.25) is 0 Å². The molecule has 20 aromatic carbocycles. The van der Waals surface area contributed by atoms with E-state index in [1.165, 1.54) is 274 Å². The highest BCUT2D eigenvalue weighted by Gasteiger charge is 2.24. The Kier molecular flexibility index (Phi) is 19.3. The van der Waals surface area contributed by atoms with Gasteiger partial charge in [-0.05, 0) is 125 Å². The van der Waals surface area contributed by atoms with Crippen LogP contribution >= 0.6 is 0 Å². The first-order chi connectivity index (χ1) is 68.7. The summed E-state index contributed by atoms with van der Waals surface area (Å²) >= 11 is 0. The van der Waals surface area contributed by atoms with Crippen LogP contribution in [0.4, 0.5) is 0 Å². The van der Waals surface area contributed by atoms with Gasteiger partial charge in [0.05, 0.1) is 27.6 Å². The van der Waals surface area contributed by atoms with Crippen molar-refractivity contribution >= 4 is 218 Å². The van der Waals surface area contributed by atoms with E-state index in [1.54, 1.807) is 0 Å². The lowest BCUT2D eigenvalue weighted by atomic mass is 9.97. The van der Waals surface area contributed by atoms with Crippen LogP contribution in [0.15, 0.2) is 425 Å². The molecule has 0 unspecified atom stereocenters. The third-order valence-corrected chi connectivity index (χ3v) is 30.8. The molecule has 10 heterocycles. The number of benzene rings is 20. The van der Waals surface area contributed by atoms with E-state index < -0.39 is 0 Å². The zero-order valence-corrected chi connectivity index (χ0v) is 79.9. The molecule has 0 amide bonds. The van der Waals surface area contributed by atoms with Gasteiger partial charge < -0.3 is 45.7 Å². The lowest BCUT2D eigenvalue weighted by Gasteiger charge is -2.10. The number of aryl methyl sites for hydroxylation is 10. The van der Waals surface area contributed by atoms with Gasteiger partial charge in [0.15, 0.2) is 0 Å². The largest absolute Gasteiger partial charge is 0.344 e. The number of aromatic nitrogens is 10. The van der Waals surface area contributed by atoms with E-state index in [0.717, 1.165) is 0 Å². The molecule has 0 saturated heterocycles. The van der Waals surface area contributed by atoms with E-state index in [4.69, 9.17) is 0 Å². The fourth-order valence-corrected chi connectivity index (χ4v) is 24.1. The molecular formula is C130H100N10. The smallest absolute Gasteiger partial charge is 0.0569 e. The summed E-state index contributed by atoms with van der Waals surface area (Å²) in [5.74, 6) is 0. The van der Waals surface area contributed by atoms with Gasteiger partial charge in [0.1, 0.15) is 0 Å². The fraction of sp³-hybridized carbons (Fsp3) is 0.0769. The Morgan fingerprint density at radius 3 is 0.629 bits per heavy atom. The molecule has 0 saturated carbocycles. The molecule has 0 atom stereocenters. The number of fused-ring (bicyclic) bond motifs is 30. The van der Waals surface area contributed by atoms with Crippen molar-refractivity contribution < 1.29 is 0 Å². The number of hydrogen-bond acceptors (Lipinski definition) is 0. The number of rotatable bonds is 5. The lowest BCUT2D eigenvalue weighted by molar-refractivity contribution is 1.01. The second kappa shape index (κ2) is 32.6. The van der Waals surface area contributed by atoms with Gasteiger partial charge in [-0.25, -0.2) is 0 Å². The predicted octanol–water partition coefficient (Wildman–Crippen LogP) is 33.2. The van der Waals surface area contributed by atoms with Crippen LogP contribution in [0, 0.1) is 0 Å². The lowest BCUT2D eigenvalue weighted by Crippen LogP contribution is -1.93. The Hall–Kier alpha value is -17.6. The van der Waals surface area contributed by atoms with E-state index in [1.807, 2.05) is 0 Å². The van der Waals surface area contributed by atoms with Gasteiger partial charge in [-0.15, -0.1) is 0 Å². The van der Waals surface area contributed by atoms with Crippen LogP contribution in [0.5, 0.6) is 0 Å². The number of nitrogens with zero attached hydrogens (tertiary/aromatic N) is 10. The van der Waals surface area contributed by atoms with Crippen molar-refractivity contribution in [1.82, 2.24) is 45.7 Å². The normalized spacial score (nSPS) is 11.9. The molecule has 10 nitrogen and oxygen atoms in total. The van der Waals surface area contributed by atoms with Gasteiger partial charge >= 0.3 is 0 Å². The first-order valence-corrected chi connectivity index (χ1v) is 48.4. The molecule has 0 bridgehead atoms. The van der Waals surface area contributed by atoms with Gasteiger partial charge in [-0.3, -0.25) is 0 Å². The molecule has 140 heavy (non-hydrogen) atoms. The van der Waals surface area contributed by atoms with E-state index in [9.17, 15) is 0 Å². The van der Waals surface area contributed by atoms with E-state index >= 15 is 0 Å². The van der Waals surface area contributed by atoms with Crippen molar-refractivity contribution in [3.05, 3.63) is 425 Å². The minimum absolute atomic E-state index is 1.26. The highest BCUT2D eigenvalue weighted by molar-refractivity contribution is 6.23. The number of hydrogen-bond donors (Lipinski definition) is 0. The van der Waals surface area contributed by atoms with Crippen molar-refractivity contribution in [3.8, 4) is 55.6 Å². The monoisotopic (exact) mass is 1800 g/mol. The molecule has 30 aromatic rings. The standard InChI is InChI=1S/5C26H20N2/c1-27-23-12-5-4-9-20(23)22-16-17(14-15-25(22)27)18-10-7-11-21-19-8-3-6-13-24(19)28(2)26(18)21;1-27-23-15-6-4-10-21(23)25-18(11-8-16-24(25)27)20-13-7-12-19-17-9-3-5-14-22(17)28(2)26(19)20;1-27-23-15-5-3-9-17(23)19-11-7-13-21(25(19)27)22-14-8-12-20-18-10-4-6-16-24(18)28(2)26(20)22;1-27-23-12-5-3-8-19(23)21-15-14-17(16-25(21)27)18-10-7-11-22-20-9-4-6-13-24(20)28(2)26(18)22;1-27-23-9-5-3-7-19(23)21-13-11-17(15-25(21)27)18-12-14-22-20-8-4-6-10-24(20)28(2)26(22)16-18/h5*3-16H,1-2H3. The van der Waals surface area contributed by atoms with Gasteiger partial charge in [-0.1, -0.05) is 328 Å². The first-order valence-electron chi connectivity index (χ1n) is 48.4. The van der Waals surface area contributed by atoms with E-state index in [0.29, 0.717) is 0 Å². The van der Waals surface area contributed by atoms with Crippen LogP contribution in [0.25, 0.3) is 274 Å². The van der Waals surface area contributed by atoms with Gasteiger partial charge in [0, 0.05) is 289 Å². The summed E-state index contributed by atoms with van der Waals surface area (Å²) in [6.07, 6.45) is 0. The van der Waals surface area contributed by atoms with Crippen LogP contribution in [-0.4, -0.2) is 45.7 Å². The summed E-state index contributed by atoms with van der Waals surface area (Å²) in [6.45, 7) is 0. The summed E-state index contributed by atoms with van der Waals surface area (Å²) in [5, 5.41) is 26.3. The molecule has 0 fully saturated rings. The van der Waals surface area contributed by atoms with Crippen molar-refractivity contribution in [2.75, 3.05) is 0 Å². The van der Waals surface area contributed by atoms with E-state index in [2.05, 4.69) is 541 Å². The van der Waals surface area contributed by atoms with Crippen molar-refractivity contribution in [2.24, 2.45) is 70.5 Å². The molecule has 670 valence electrons. The van der Waals surface area contributed by atoms with Crippen molar-refractivity contribution in [3.63, 3.8) is 0 Å². The number of para-hydroxylation sites is 15. The maximum Gasteiger partial charge on any atom is 0.0569 e. The molecule has 10 aromatic heterocycles. The molecule has 0 radical (unpaired) electrons. The second-order valence-corrected chi connectivity index (χ2v) is 37.9. The first kappa shape index (κ1) is 83.0. The third kappa shape index (κ3) is 12.6. The van der Waals surface area contributed by atoms with E-state index in [-0.39, 0.29) is 0 Å². The molecule has 0 spiro atoms. The summed E-state index contributed by atoms with van der Waals surface area (Å²) in [7, 11) is 21.6. The topological polar surface area (TPSA) is 49.3 Å².